The molecule has 0 aromatic carbocycles. The molecule has 0 bridgehead atoms. The first kappa shape index (κ1) is 14.0. The van der Waals surface area contributed by atoms with Crippen LogP contribution in [0.2, 0.25) is 0 Å². The zero-order valence-electron chi connectivity index (χ0n) is 10.8. The van der Waals surface area contributed by atoms with Crippen molar-refractivity contribution >= 4 is 11.8 Å². The van der Waals surface area contributed by atoms with Crippen LogP contribution in [0.25, 0.3) is 0 Å². The predicted octanol–water partition coefficient (Wildman–Crippen LogP) is 0.113. The minimum atomic E-state index is -0.282. The fraction of sp³-hybridized carbons (Fsp3) is 0.833. The van der Waals surface area contributed by atoms with Crippen LogP contribution in [-0.4, -0.2) is 48.9 Å². The highest BCUT2D eigenvalue weighted by atomic mass is 16.2. The van der Waals surface area contributed by atoms with Gasteiger partial charge in [-0.3, -0.25) is 14.9 Å². The molecule has 0 aromatic heterocycles. The molecule has 1 unspecified atom stereocenters. The van der Waals surface area contributed by atoms with Gasteiger partial charge in [0.25, 0.3) is 0 Å². The highest BCUT2D eigenvalue weighted by molar-refractivity contribution is 5.83. The number of carbonyl (C=O) groups is 2. The van der Waals surface area contributed by atoms with Crippen molar-refractivity contribution in [3.8, 4) is 0 Å². The summed E-state index contributed by atoms with van der Waals surface area (Å²) in [7, 11) is 0. The number of hydrogen-bond acceptors (Lipinski definition) is 3. The summed E-state index contributed by atoms with van der Waals surface area (Å²) in [6.07, 6.45) is 3.40. The molecule has 1 atom stereocenters. The average Bonchev–Trinajstić information content (AvgIpc) is 2.36. The summed E-state index contributed by atoms with van der Waals surface area (Å²) in [6.45, 7) is 6.22. The molecule has 1 aliphatic rings. The second-order valence-electron chi connectivity index (χ2n) is 4.44. The standard InChI is InChI=1S/C12H23N3O2/c1-3-13-11(16)9-14-10(2)12(17)15-7-5-4-6-8-15/h10,14H,3-9H2,1-2H3,(H,13,16). The van der Waals surface area contributed by atoms with E-state index in [0.717, 1.165) is 25.9 Å². The third kappa shape index (κ3) is 4.73. The molecule has 1 rings (SSSR count). The van der Waals surface area contributed by atoms with Crippen LogP contribution < -0.4 is 10.6 Å². The molecule has 1 aliphatic heterocycles. The lowest BCUT2D eigenvalue weighted by Gasteiger charge is -2.29. The van der Waals surface area contributed by atoms with E-state index in [1.54, 1.807) is 0 Å². The highest BCUT2D eigenvalue weighted by Crippen LogP contribution is 2.09. The molecule has 0 radical (unpaired) electrons. The first-order valence-electron chi connectivity index (χ1n) is 6.44. The van der Waals surface area contributed by atoms with Gasteiger partial charge in [-0.05, 0) is 33.1 Å². The third-order valence-electron chi connectivity index (χ3n) is 2.98. The van der Waals surface area contributed by atoms with Crippen molar-refractivity contribution in [2.75, 3.05) is 26.2 Å². The third-order valence-corrected chi connectivity index (χ3v) is 2.98. The summed E-state index contributed by atoms with van der Waals surface area (Å²) < 4.78 is 0. The van der Waals surface area contributed by atoms with Crippen molar-refractivity contribution in [2.45, 2.75) is 39.2 Å². The topological polar surface area (TPSA) is 61.4 Å². The van der Waals surface area contributed by atoms with Gasteiger partial charge in [-0.25, -0.2) is 0 Å². The largest absolute Gasteiger partial charge is 0.355 e. The van der Waals surface area contributed by atoms with Crippen molar-refractivity contribution in [1.29, 1.82) is 0 Å². The summed E-state index contributed by atoms with van der Waals surface area (Å²) >= 11 is 0. The van der Waals surface area contributed by atoms with Crippen LogP contribution in [0.15, 0.2) is 0 Å². The summed E-state index contributed by atoms with van der Waals surface area (Å²) in [5.74, 6) is 0.0415. The monoisotopic (exact) mass is 241 g/mol. The molecule has 5 nitrogen and oxygen atoms in total. The Bertz CT molecular complexity index is 262. The van der Waals surface area contributed by atoms with Crippen molar-refractivity contribution in [1.82, 2.24) is 15.5 Å². The Labute approximate surface area is 103 Å². The lowest BCUT2D eigenvalue weighted by molar-refractivity contribution is -0.134. The van der Waals surface area contributed by atoms with E-state index in [4.69, 9.17) is 0 Å². The molecular weight excluding hydrogens is 218 g/mol. The summed E-state index contributed by atoms with van der Waals surface area (Å²) in [4.78, 5) is 25.1. The minimum Gasteiger partial charge on any atom is -0.355 e. The molecule has 2 amide bonds. The lowest BCUT2D eigenvalue weighted by atomic mass is 10.1. The molecule has 17 heavy (non-hydrogen) atoms. The van der Waals surface area contributed by atoms with Gasteiger partial charge in [0.2, 0.25) is 11.8 Å². The van der Waals surface area contributed by atoms with Crippen LogP contribution in [0.1, 0.15) is 33.1 Å². The fourth-order valence-electron chi connectivity index (χ4n) is 1.98. The maximum atomic E-state index is 12.0. The van der Waals surface area contributed by atoms with Crippen molar-refractivity contribution in [2.24, 2.45) is 0 Å². The lowest BCUT2D eigenvalue weighted by Crippen LogP contribution is -2.49. The van der Waals surface area contributed by atoms with Gasteiger partial charge in [0.1, 0.15) is 0 Å². The van der Waals surface area contributed by atoms with Crippen LogP contribution in [-0.2, 0) is 9.59 Å². The Kier molecular flexibility index (Phi) is 5.97. The minimum absolute atomic E-state index is 0.0641. The Morgan fingerprint density at radius 1 is 1.24 bits per heavy atom. The highest BCUT2D eigenvalue weighted by Gasteiger charge is 2.21. The van der Waals surface area contributed by atoms with Crippen LogP contribution in [0.4, 0.5) is 0 Å². The van der Waals surface area contributed by atoms with Gasteiger partial charge in [0.05, 0.1) is 12.6 Å². The number of rotatable bonds is 5. The molecule has 0 spiro atoms. The maximum Gasteiger partial charge on any atom is 0.239 e. The van der Waals surface area contributed by atoms with Crippen LogP contribution in [0.5, 0.6) is 0 Å². The zero-order valence-corrected chi connectivity index (χ0v) is 10.8. The molecule has 0 aromatic rings. The molecular formula is C12H23N3O2. The molecule has 98 valence electrons. The normalized spacial score (nSPS) is 17.6. The number of carbonyl (C=O) groups excluding carboxylic acids is 2. The smallest absolute Gasteiger partial charge is 0.239 e. The van der Waals surface area contributed by atoms with E-state index in [1.807, 2.05) is 18.7 Å². The van der Waals surface area contributed by atoms with Gasteiger partial charge in [-0.2, -0.15) is 0 Å². The SMILES string of the molecule is CCNC(=O)CNC(C)C(=O)N1CCCCC1. The number of piperidine rings is 1. The predicted molar refractivity (Wildman–Crippen MR) is 66.6 cm³/mol. The van der Waals surface area contributed by atoms with Crippen LogP contribution in [0.3, 0.4) is 0 Å². The van der Waals surface area contributed by atoms with Crippen molar-refractivity contribution < 1.29 is 9.59 Å². The average molecular weight is 241 g/mol. The van der Waals surface area contributed by atoms with Gasteiger partial charge in [0, 0.05) is 19.6 Å². The number of nitrogens with one attached hydrogen (secondary N) is 2. The second kappa shape index (κ2) is 7.27. The van der Waals surface area contributed by atoms with Gasteiger partial charge in [-0.1, -0.05) is 0 Å². The van der Waals surface area contributed by atoms with E-state index in [1.165, 1.54) is 6.42 Å². The van der Waals surface area contributed by atoms with Gasteiger partial charge < -0.3 is 10.2 Å². The first-order chi connectivity index (χ1) is 8.15. The summed E-state index contributed by atoms with van der Waals surface area (Å²) in [5.41, 5.74) is 0. The Morgan fingerprint density at radius 2 is 1.88 bits per heavy atom. The first-order valence-corrected chi connectivity index (χ1v) is 6.44. The molecule has 0 aliphatic carbocycles. The Hall–Kier alpha value is -1.10. The van der Waals surface area contributed by atoms with Crippen LogP contribution in [0, 0.1) is 0 Å². The van der Waals surface area contributed by atoms with E-state index >= 15 is 0 Å². The van der Waals surface area contributed by atoms with Gasteiger partial charge in [-0.15, -0.1) is 0 Å². The molecule has 0 saturated carbocycles. The quantitative estimate of drug-likeness (QED) is 0.718. The maximum absolute atomic E-state index is 12.0. The molecule has 1 heterocycles. The summed E-state index contributed by atoms with van der Waals surface area (Å²) in [6, 6.07) is -0.282. The molecule has 5 heteroatoms. The summed E-state index contributed by atoms with van der Waals surface area (Å²) in [5, 5.41) is 5.65. The van der Waals surface area contributed by atoms with Crippen molar-refractivity contribution in [3.63, 3.8) is 0 Å². The number of amides is 2. The van der Waals surface area contributed by atoms with Crippen LogP contribution >= 0.6 is 0 Å². The van der Waals surface area contributed by atoms with Crippen molar-refractivity contribution in [3.05, 3.63) is 0 Å². The molecule has 1 fully saturated rings. The van der Waals surface area contributed by atoms with E-state index < -0.39 is 0 Å². The van der Waals surface area contributed by atoms with Gasteiger partial charge >= 0.3 is 0 Å². The van der Waals surface area contributed by atoms with E-state index in [0.29, 0.717) is 6.54 Å². The number of likely N-dealkylation sites (tertiary alicyclic amines) is 1. The Morgan fingerprint density at radius 3 is 2.47 bits per heavy atom. The molecule has 1 saturated heterocycles. The number of nitrogens with zero attached hydrogens (tertiary/aromatic N) is 1. The molecule has 2 N–H and O–H groups in total. The second-order valence-corrected chi connectivity index (χ2v) is 4.44. The van der Waals surface area contributed by atoms with E-state index in [2.05, 4.69) is 10.6 Å². The van der Waals surface area contributed by atoms with E-state index in [9.17, 15) is 9.59 Å². The Balaban J connectivity index is 2.28. The fourth-order valence-corrected chi connectivity index (χ4v) is 1.98. The number of hydrogen-bond donors (Lipinski definition) is 2. The van der Waals surface area contributed by atoms with E-state index in [-0.39, 0.29) is 24.4 Å². The zero-order chi connectivity index (χ0) is 12.7. The van der Waals surface area contributed by atoms with Gasteiger partial charge in [0.15, 0.2) is 0 Å². The number of likely N-dealkylation sites (N-methyl/N-ethyl adjacent to an activating group) is 1.